The summed E-state index contributed by atoms with van der Waals surface area (Å²) in [6, 6.07) is 13.3. The summed E-state index contributed by atoms with van der Waals surface area (Å²) in [5, 5.41) is 3.87. The normalized spacial score (nSPS) is 15.0. The SMILES string of the molecule is O=C(c1cccc(Cl)c1)N(CCN1CCNCC1)Cc1ccc(F)cc1. The first-order chi connectivity index (χ1) is 12.6. The number of benzene rings is 2. The van der Waals surface area contributed by atoms with Gasteiger partial charge in [0.2, 0.25) is 0 Å². The zero-order chi connectivity index (χ0) is 18.4. The lowest BCUT2D eigenvalue weighted by Gasteiger charge is -2.30. The van der Waals surface area contributed by atoms with Gasteiger partial charge in [0, 0.05) is 56.4 Å². The Morgan fingerprint density at radius 3 is 2.58 bits per heavy atom. The van der Waals surface area contributed by atoms with Crippen LogP contribution >= 0.6 is 11.6 Å². The molecule has 0 spiro atoms. The quantitative estimate of drug-likeness (QED) is 0.843. The zero-order valence-corrected chi connectivity index (χ0v) is 15.4. The Morgan fingerprint density at radius 2 is 1.88 bits per heavy atom. The van der Waals surface area contributed by atoms with Crippen molar-refractivity contribution < 1.29 is 9.18 Å². The van der Waals surface area contributed by atoms with Gasteiger partial charge in [0.15, 0.2) is 0 Å². The van der Waals surface area contributed by atoms with Crippen LogP contribution in [0.15, 0.2) is 48.5 Å². The van der Waals surface area contributed by atoms with Gasteiger partial charge in [0.25, 0.3) is 5.91 Å². The second-order valence-electron chi connectivity index (χ2n) is 6.46. The van der Waals surface area contributed by atoms with E-state index >= 15 is 0 Å². The van der Waals surface area contributed by atoms with Crippen LogP contribution in [0.1, 0.15) is 15.9 Å². The first kappa shape index (κ1) is 18.8. The maximum absolute atomic E-state index is 13.2. The molecule has 1 aliphatic rings. The van der Waals surface area contributed by atoms with Crippen molar-refractivity contribution in [2.45, 2.75) is 6.54 Å². The lowest BCUT2D eigenvalue weighted by atomic mass is 10.1. The summed E-state index contributed by atoms with van der Waals surface area (Å²) < 4.78 is 13.2. The van der Waals surface area contributed by atoms with Gasteiger partial charge in [-0.15, -0.1) is 0 Å². The number of hydrogen-bond donors (Lipinski definition) is 1. The number of carbonyl (C=O) groups is 1. The molecular weight excluding hydrogens is 353 g/mol. The standard InChI is InChI=1S/C20H23ClFN3O/c21-18-3-1-2-17(14-18)20(26)25(13-12-24-10-8-23-9-11-24)15-16-4-6-19(22)7-5-16/h1-7,14,23H,8-13,15H2. The second kappa shape index (κ2) is 9.12. The van der Waals surface area contributed by atoms with Crippen molar-refractivity contribution in [3.05, 3.63) is 70.5 Å². The molecule has 1 N–H and O–H groups in total. The lowest BCUT2D eigenvalue weighted by molar-refractivity contribution is 0.0718. The van der Waals surface area contributed by atoms with Crippen molar-refractivity contribution >= 4 is 17.5 Å². The maximum atomic E-state index is 13.2. The molecule has 0 bridgehead atoms. The van der Waals surface area contributed by atoms with Gasteiger partial charge in [-0.25, -0.2) is 4.39 Å². The fourth-order valence-electron chi connectivity index (χ4n) is 3.06. The van der Waals surface area contributed by atoms with Gasteiger partial charge in [-0.1, -0.05) is 29.8 Å². The molecule has 3 rings (SSSR count). The number of rotatable bonds is 6. The van der Waals surface area contributed by atoms with E-state index in [4.69, 9.17) is 11.6 Å². The summed E-state index contributed by atoms with van der Waals surface area (Å²) >= 11 is 6.04. The van der Waals surface area contributed by atoms with Crippen LogP contribution in [0.3, 0.4) is 0 Å². The van der Waals surface area contributed by atoms with Crippen molar-refractivity contribution in [2.24, 2.45) is 0 Å². The molecule has 1 aliphatic heterocycles. The average molecular weight is 376 g/mol. The molecule has 0 saturated carbocycles. The number of hydrogen-bond acceptors (Lipinski definition) is 3. The Bertz CT molecular complexity index is 732. The van der Waals surface area contributed by atoms with Gasteiger partial charge in [-0.3, -0.25) is 9.69 Å². The Hall–Kier alpha value is -1.95. The van der Waals surface area contributed by atoms with Gasteiger partial charge >= 0.3 is 0 Å². The zero-order valence-electron chi connectivity index (χ0n) is 14.6. The molecule has 1 fully saturated rings. The van der Waals surface area contributed by atoms with E-state index < -0.39 is 0 Å². The molecule has 1 heterocycles. The van der Waals surface area contributed by atoms with Gasteiger partial charge in [-0.2, -0.15) is 0 Å². The molecule has 26 heavy (non-hydrogen) atoms. The van der Waals surface area contributed by atoms with Crippen molar-refractivity contribution in [1.29, 1.82) is 0 Å². The number of carbonyl (C=O) groups excluding carboxylic acids is 1. The van der Waals surface area contributed by atoms with Crippen LogP contribution < -0.4 is 5.32 Å². The molecule has 6 heteroatoms. The molecule has 0 aliphatic carbocycles. The van der Waals surface area contributed by atoms with Gasteiger partial charge in [0.05, 0.1) is 0 Å². The summed E-state index contributed by atoms with van der Waals surface area (Å²) in [6.45, 7) is 5.78. The molecule has 4 nitrogen and oxygen atoms in total. The molecule has 138 valence electrons. The molecular formula is C20H23ClFN3O. The topological polar surface area (TPSA) is 35.6 Å². The molecule has 1 saturated heterocycles. The highest BCUT2D eigenvalue weighted by Gasteiger charge is 2.18. The third-order valence-corrected chi connectivity index (χ3v) is 4.78. The first-order valence-electron chi connectivity index (χ1n) is 8.84. The Kier molecular flexibility index (Phi) is 6.61. The molecule has 0 atom stereocenters. The van der Waals surface area contributed by atoms with Gasteiger partial charge in [0.1, 0.15) is 5.82 Å². The maximum Gasteiger partial charge on any atom is 0.254 e. The molecule has 2 aromatic carbocycles. The van der Waals surface area contributed by atoms with Crippen LogP contribution in [0.4, 0.5) is 4.39 Å². The van der Waals surface area contributed by atoms with E-state index in [0.29, 0.717) is 23.7 Å². The Labute approximate surface area is 158 Å². The predicted octanol–water partition coefficient (Wildman–Crippen LogP) is 3.03. The summed E-state index contributed by atoms with van der Waals surface area (Å²) in [5.74, 6) is -0.339. The highest BCUT2D eigenvalue weighted by atomic mass is 35.5. The molecule has 0 unspecified atom stereocenters. The summed E-state index contributed by atoms with van der Waals surface area (Å²) in [7, 11) is 0. The Balaban J connectivity index is 1.73. The monoisotopic (exact) mass is 375 g/mol. The van der Waals surface area contributed by atoms with Gasteiger partial charge < -0.3 is 10.2 Å². The number of nitrogens with zero attached hydrogens (tertiary/aromatic N) is 2. The fraction of sp³-hybridized carbons (Fsp3) is 0.350. The number of nitrogens with one attached hydrogen (secondary N) is 1. The highest BCUT2D eigenvalue weighted by Crippen LogP contribution is 2.15. The van der Waals surface area contributed by atoms with E-state index in [1.165, 1.54) is 12.1 Å². The molecule has 0 radical (unpaired) electrons. The van der Waals surface area contributed by atoms with Crippen LogP contribution in [0.2, 0.25) is 5.02 Å². The van der Waals surface area contributed by atoms with Crippen molar-refractivity contribution in [3.8, 4) is 0 Å². The number of amides is 1. The number of piperazine rings is 1. The van der Waals surface area contributed by atoms with Crippen LogP contribution in [-0.4, -0.2) is 55.0 Å². The van der Waals surface area contributed by atoms with E-state index in [1.54, 1.807) is 41.3 Å². The van der Waals surface area contributed by atoms with E-state index in [2.05, 4.69) is 10.2 Å². The van der Waals surface area contributed by atoms with Crippen LogP contribution in [0.25, 0.3) is 0 Å². The predicted molar refractivity (Wildman–Crippen MR) is 102 cm³/mol. The minimum absolute atomic E-state index is 0.0630. The number of halogens is 2. The third kappa shape index (κ3) is 5.27. The molecule has 0 aromatic heterocycles. The fourth-order valence-corrected chi connectivity index (χ4v) is 3.25. The van der Waals surface area contributed by atoms with Crippen LogP contribution in [0.5, 0.6) is 0 Å². The minimum Gasteiger partial charge on any atom is -0.333 e. The minimum atomic E-state index is -0.276. The summed E-state index contributed by atoms with van der Waals surface area (Å²) in [4.78, 5) is 17.2. The highest BCUT2D eigenvalue weighted by molar-refractivity contribution is 6.30. The second-order valence-corrected chi connectivity index (χ2v) is 6.89. The summed E-state index contributed by atoms with van der Waals surface area (Å²) in [5.41, 5.74) is 1.47. The third-order valence-electron chi connectivity index (χ3n) is 4.54. The summed E-state index contributed by atoms with van der Waals surface area (Å²) in [6.07, 6.45) is 0. The van der Waals surface area contributed by atoms with Crippen molar-refractivity contribution in [3.63, 3.8) is 0 Å². The van der Waals surface area contributed by atoms with E-state index in [9.17, 15) is 9.18 Å². The smallest absolute Gasteiger partial charge is 0.254 e. The van der Waals surface area contributed by atoms with Gasteiger partial charge in [-0.05, 0) is 35.9 Å². The van der Waals surface area contributed by atoms with E-state index in [1.807, 2.05) is 0 Å². The van der Waals surface area contributed by atoms with Crippen molar-refractivity contribution in [2.75, 3.05) is 39.3 Å². The van der Waals surface area contributed by atoms with Crippen molar-refractivity contribution in [1.82, 2.24) is 15.1 Å². The van der Waals surface area contributed by atoms with Crippen LogP contribution in [-0.2, 0) is 6.54 Å². The lowest BCUT2D eigenvalue weighted by Crippen LogP contribution is -2.47. The average Bonchev–Trinajstić information content (AvgIpc) is 2.67. The van der Waals surface area contributed by atoms with E-state index in [0.717, 1.165) is 38.3 Å². The molecule has 1 amide bonds. The van der Waals surface area contributed by atoms with E-state index in [-0.39, 0.29) is 11.7 Å². The molecule has 2 aromatic rings. The van der Waals surface area contributed by atoms with Crippen LogP contribution in [0, 0.1) is 5.82 Å². The Morgan fingerprint density at radius 1 is 1.15 bits per heavy atom. The largest absolute Gasteiger partial charge is 0.333 e. The first-order valence-corrected chi connectivity index (χ1v) is 9.22.